The molecule has 5 rings (SSSR count). The second-order valence-electron chi connectivity index (χ2n) is 9.09. The topological polar surface area (TPSA) is 185 Å². The van der Waals surface area contributed by atoms with Crippen molar-refractivity contribution >= 4 is 32.7 Å². The maximum atomic E-state index is 13.4. The highest BCUT2D eigenvalue weighted by atomic mass is 32.2. The van der Waals surface area contributed by atoms with Gasteiger partial charge in [0, 0.05) is 30.7 Å². The first-order chi connectivity index (χ1) is 18.1. The van der Waals surface area contributed by atoms with E-state index in [-0.39, 0.29) is 17.0 Å². The van der Waals surface area contributed by atoms with Gasteiger partial charge in [-0.05, 0) is 37.6 Å². The lowest BCUT2D eigenvalue weighted by Crippen LogP contribution is -2.43. The Bertz CT molecular complexity index is 1640. The average Bonchev–Trinajstić information content (AvgIpc) is 3.37. The van der Waals surface area contributed by atoms with Crippen LogP contribution in [0.4, 0.5) is 5.82 Å². The molecule has 4 aromatic rings. The van der Waals surface area contributed by atoms with Crippen molar-refractivity contribution in [3.8, 4) is 11.4 Å². The molecule has 5 heterocycles. The van der Waals surface area contributed by atoms with Gasteiger partial charge in [0.25, 0.3) is 0 Å². The molecule has 0 unspecified atom stereocenters. The molecule has 4 aromatic heterocycles. The van der Waals surface area contributed by atoms with Gasteiger partial charge in [0.2, 0.25) is 5.91 Å². The summed E-state index contributed by atoms with van der Waals surface area (Å²) in [5.41, 5.74) is 3.37. The molecule has 13 nitrogen and oxygen atoms in total. The van der Waals surface area contributed by atoms with Gasteiger partial charge >= 0.3 is 0 Å². The fraction of sp³-hybridized carbons (Fsp3) is 0.333. The third-order valence-corrected chi connectivity index (χ3v) is 8.74. The van der Waals surface area contributed by atoms with Crippen LogP contribution in [-0.2, 0) is 21.2 Å². The van der Waals surface area contributed by atoms with E-state index in [4.69, 9.17) is 0 Å². The number of nitrogens with zero attached hydrogens (tertiary/aromatic N) is 6. The molecular formula is C24H26N8O5S. The zero-order valence-corrected chi connectivity index (χ0v) is 21.6. The van der Waals surface area contributed by atoms with Crippen molar-refractivity contribution in [2.75, 3.05) is 12.4 Å². The number of amides is 1. The van der Waals surface area contributed by atoms with Gasteiger partial charge in [-0.25, -0.2) is 23.4 Å². The fourth-order valence-corrected chi connectivity index (χ4v) is 6.85. The SMILES string of the molecule is CNC(=O)[C@@H]1[C@@H](O)[C@@H](O)[C@H](n2cnc3c(NCc4cccc(C)n4)nc(-c4cncc(C)c4)nc32)S1(=O)=O. The highest BCUT2D eigenvalue weighted by Gasteiger charge is 2.58. The summed E-state index contributed by atoms with van der Waals surface area (Å²) in [7, 11) is -3.14. The molecule has 38 heavy (non-hydrogen) atoms. The molecule has 198 valence electrons. The number of anilines is 1. The number of fused-ring (bicyclic) bond motifs is 1. The summed E-state index contributed by atoms with van der Waals surface area (Å²) < 4.78 is 27.9. The molecule has 0 bridgehead atoms. The Morgan fingerprint density at radius 1 is 1.11 bits per heavy atom. The molecule has 1 amide bonds. The van der Waals surface area contributed by atoms with E-state index < -0.39 is 38.6 Å². The number of aliphatic hydroxyl groups excluding tert-OH is 2. The normalized spacial score (nSPS) is 22.4. The number of carbonyl (C=O) groups is 1. The van der Waals surface area contributed by atoms with Crippen molar-refractivity contribution in [2.24, 2.45) is 0 Å². The van der Waals surface area contributed by atoms with Gasteiger partial charge in [0.15, 0.2) is 43.3 Å². The minimum atomic E-state index is -4.40. The van der Waals surface area contributed by atoms with E-state index in [0.717, 1.165) is 21.5 Å². The van der Waals surface area contributed by atoms with Crippen molar-refractivity contribution < 1.29 is 23.4 Å². The van der Waals surface area contributed by atoms with Crippen molar-refractivity contribution in [1.82, 2.24) is 34.8 Å². The second-order valence-corrected chi connectivity index (χ2v) is 11.3. The predicted molar refractivity (Wildman–Crippen MR) is 137 cm³/mol. The van der Waals surface area contributed by atoms with E-state index in [9.17, 15) is 23.4 Å². The molecule has 0 spiro atoms. The number of imidazole rings is 1. The minimum Gasteiger partial charge on any atom is -0.388 e. The monoisotopic (exact) mass is 538 g/mol. The highest BCUT2D eigenvalue weighted by Crippen LogP contribution is 2.38. The number of aliphatic hydroxyl groups is 2. The summed E-state index contributed by atoms with van der Waals surface area (Å²) in [4.78, 5) is 34.5. The molecule has 0 saturated carbocycles. The average molecular weight is 539 g/mol. The zero-order chi connectivity index (χ0) is 27.2. The van der Waals surface area contributed by atoms with Crippen LogP contribution in [0.25, 0.3) is 22.6 Å². The van der Waals surface area contributed by atoms with Gasteiger partial charge < -0.3 is 20.8 Å². The van der Waals surface area contributed by atoms with Crippen molar-refractivity contribution in [1.29, 1.82) is 0 Å². The van der Waals surface area contributed by atoms with Crippen LogP contribution in [0.5, 0.6) is 0 Å². The Kier molecular flexibility index (Phi) is 6.54. The first-order valence-electron chi connectivity index (χ1n) is 11.7. The number of carbonyl (C=O) groups excluding carboxylic acids is 1. The summed E-state index contributed by atoms with van der Waals surface area (Å²) in [5, 5.41) is 23.2. The van der Waals surface area contributed by atoms with Crippen LogP contribution in [0.1, 0.15) is 22.3 Å². The van der Waals surface area contributed by atoms with Gasteiger partial charge in [-0.1, -0.05) is 6.07 Å². The number of nitrogens with one attached hydrogen (secondary N) is 2. The quantitative estimate of drug-likeness (QED) is 0.264. The van der Waals surface area contributed by atoms with Crippen LogP contribution >= 0.6 is 0 Å². The summed E-state index contributed by atoms with van der Waals surface area (Å²) in [6.45, 7) is 4.04. The predicted octanol–water partition coefficient (Wildman–Crippen LogP) is 0.276. The molecule has 1 aliphatic heterocycles. The molecule has 0 aliphatic carbocycles. The summed E-state index contributed by atoms with van der Waals surface area (Å²) in [6.07, 6.45) is 0.823. The number of hydrogen-bond donors (Lipinski definition) is 4. The van der Waals surface area contributed by atoms with E-state index in [1.807, 2.05) is 38.1 Å². The smallest absolute Gasteiger partial charge is 0.240 e. The van der Waals surface area contributed by atoms with E-state index in [1.165, 1.54) is 13.4 Å². The van der Waals surface area contributed by atoms with Crippen molar-refractivity contribution in [3.63, 3.8) is 0 Å². The molecule has 4 N–H and O–H groups in total. The molecule has 14 heteroatoms. The van der Waals surface area contributed by atoms with Crippen molar-refractivity contribution in [2.45, 2.75) is 43.2 Å². The number of sulfone groups is 1. The van der Waals surface area contributed by atoms with Crippen LogP contribution < -0.4 is 10.6 Å². The van der Waals surface area contributed by atoms with Crippen LogP contribution in [0, 0.1) is 13.8 Å². The minimum absolute atomic E-state index is 0.0913. The zero-order valence-electron chi connectivity index (χ0n) is 20.8. The Morgan fingerprint density at radius 3 is 2.61 bits per heavy atom. The number of aromatic nitrogens is 6. The van der Waals surface area contributed by atoms with Crippen LogP contribution in [0.2, 0.25) is 0 Å². The first kappa shape index (κ1) is 25.6. The van der Waals surface area contributed by atoms with E-state index in [2.05, 4.69) is 35.6 Å². The lowest BCUT2D eigenvalue weighted by Gasteiger charge is -2.17. The Labute approximate surface area is 217 Å². The molecule has 4 atom stereocenters. The first-order valence-corrected chi connectivity index (χ1v) is 13.4. The number of hydrogen-bond acceptors (Lipinski definition) is 11. The maximum absolute atomic E-state index is 13.4. The highest BCUT2D eigenvalue weighted by molar-refractivity contribution is 7.93. The van der Waals surface area contributed by atoms with E-state index in [1.54, 1.807) is 12.4 Å². The number of aryl methyl sites for hydroxylation is 2. The summed E-state index contributed by atoms with van der Waals surface area (Å²) in [6, 6.07) is 7.44. The van der Waals surface area contributed by atoms with Crippen LogP contribution in [0.15, 0.2) is 43.0 Å². The van der Waals surface area contributed by atoms with Gasteiger partial charge in [-0.15, -0.1) is 0 Å². The molecule has 1 saturated heterocycles. The van der Waals surface area contributed by atoms with Gasteiger partial charge in [-0.2, -0.15) is 0 Å². The van der Waals surface area contributed by atoms with Crippen LogP contribution in [0.3, 0.4) is 0 Å². The third kappa shape index (κ3) is 4.36. The van der Waals surface area contributed by atoms with Gasteiger partial charge in [0.05, 0.1) is 18.6 Å². The largest absolute Gasteiger partial charge is 0.388 e. The third-order valence-electron chi connectivity index (χ3n) is 6.36. The molecule has 1 aliphatic rings. The van der Waals surface area contributed by atoms with E-state index in [0.29, 0.717) is 17.9 Å². The summed E-state index contributed by atoms with van der Waals surface area (Å²) >= 11 is 0. The van der Waals surface area contributed by atoms with Gasteiger partial charge in [0.1, 0.15) is 12.2 Å². The summed E-state index contributed by atoms with van der Waals surface area (Å²) in [5.74, 6) is -0.372. The lowest BCUT2D eigenvalue weighted by atomic mass is 10.1. The van der Waals surface area contributed by atoms with Gasteiger partial charge in [-0.3, -0.25) is 19.3 Å². The Balaban J connectivity index is 1.65. The molecule has 0 aromatic carbocycles. The Morgan fingerprint density at radius 2 is 1.89 bits per heavy atom. The van der Waals surface area contributed by atoms with Crippen molar-refractivity contribution in [3.05, 3.63) is 59.9 Å². The number of pyridine rings is 2. The standard InChI is InChI=1S/C24H26N8O5S/c1-12-7-14(9-26-8-12)20-30-21(27-10-15-6-4-5-13(2)29-15)16-22(31-20)32(11-28-16)24-18(34)17(33)19(23(35)25-3)38(24,36)37/h4-9,11,17-19,24,33-34H,10H2,1-3H3,(H,25,35)(H,27,30,31)/t17-,18+,19-,24+/m0/s1. The Hall–Kier alpha value is -4.01. The van der Waals surface area contributed by atoms with Crippen LogP contribution in [-0.4, -0.2) is 78.5 Å². The van der Waals surface area contributed by atoms with E-state index >= 15 is 0 Å². The molecule has 0 radical (unpaired) electrons. The lowest BCUT2D eigenvalue weighted by molar-refractivity contribution is -0.123. The molecule has 1 fully saturated rings. The second kappa shape index (κ2) is 9.70. The number of rotatable bonds is 6. The fourth-order valence-electron chi connectivity index (χ4n) is 4.56. The molecular weight excluding hydrogens is 512 g/mol. The maximum Gasteiger partial charge on any atom is 0.240 e.